The summed E-state index contributed by atoms with van der Waals surface area (Å²) in [4.78, 5) is 22.7. The van der Waals surface area contributed by atoms with Gasteiger partial charge in [-0.25, -0.2) is 9.59 Å². The fourth-order valence-electron chi connectivity index (χ4n) is 1.64. The van der Waals surface area contributed by atoms with Gasteiger partial charge in [0.05, 0.1) is 5.56 Å². The first kappa shape index (κ1) is 16.0. The average molecular weight is 280 g/mol. The Bertz CT molecular complexity index is 488. The molecule has 0 saturated carbocycles. The molecule has 0 aliphatic heterocycles. The number of nitrogens with one attached hydrogen (secondary N) is 2. The molecule has 2 amide bonds. The van der Waals surface area contributed by atoms with Crippen LogP contribution in [0.1, 0.15) is 29.3 Å². The van der Waals surface area contributed by atoms with Gasteiger partial charge in [0.2, 0.25) is 0 Å². The number of anilines is 1. The second kappa shape index (κ2) is 7.49. The van der Waals surface area contributed by atoms with E-state index in [0.29, 0.717) is 18.7 Å². The van der Waals surface area contributed by atoms with Gasteiger partial charge in [-0.05, 0) is 38.0 Å². The minimum absolute atomic E-state index is 0.0297. The molecule has 20 heavy (non-hydrogen) atoms. The van der Waals surface area contributed by atoms with Crippen LogP contribution in [0, 0.1) is 6.92 Å². The molecule has 1 aromatic carbocycles. The number of benzene rings is 1. The van der Waals surface area contributed by atoms with E-state index in [4.69, 9.17) is 9.84 Å². The van der Waals surface area contributed by atoms with Crippen molar-refractivity contribution in [1.29, 1.82) is 0 Å². The van der Waals surface area contributed by atoms with Crippen LogP contribution in [-0.2, 0) is 4.74 Å². The first-order valence-electron chi connectivity index (χ1n) is 6.34. The highest BCUT2D eigenvalue weighted by Gasteiger charge is 2.10. The van der Waals surface area contributed by atoms with Gasteiger partial charge >= 0.3 is 12.0 Å². The van der Waals surface area contributed by atoms with E-state index in [0.717, 1.165) is 5.56 Å². The molecular weight excluding hydrogens is 260 g/mol. The molecule has 6 heteroatoms. The number of methoxy groups -OCH3 is 1. The lowest BCUT2D eigenvalue weighted by atomic mass is 10.1. The van der Waals surface area contributed by atoms with Crippen LogP contribution in [0.4, 0.5) is 10.5 Å². The van der Waals surface area contributed by atoms with Gasteiger partial charge in [0.25, 0.3) is 0 Å². The van der Waals surface area contributed by atoms with E-state index in [9.17, 15) is 9.59 Å². The van der Waals surface area contributed by atoms with Crippen molar-refractivity contribution >= 4 is 17.7 Å². The Hall–Kier alpha value is -2.08. The lowest BCUT2D eigenvalue weighted by Gasteiger charge is -2.15. The number of urea groups is 1. The number of amides is 2. The number of hydrogen-bond donors (Lipinski definition) is 3. The number of ether oxygens (including phenoxy) is 1. The van der Waals surface area contributed by atoms with Crippen LogP contribution in [-0.4, -0.2) is 36.9 Å². The normalized spacial score (nSPS) is 11.8. The Morgan fingerprint density at radius 2 is 2.10 bits per heavy atom. The molecule has 6 nitrogen and oxygen atoms in total. The van der Waals surface area contributed by atoms with Crippen LogP contribution >= 0.6 is 0 Å². The summed E-state index contributed by atoms with van der Waals surface area (Å²) in [5.74, 6) is -1.03. The molecule has 0 bridgehead atoms. The largest absolute Gasteiger partial charge is 0.478 e. The maximum Gasteiger partial charge on any atom is 0.335 e. The van der Waals surface area contributed by atoms with Crippen molar-refractivity contribution in [1.82, 2.24) is 5.32 Å². The first-order valence-corrected chi connectivity index (χ1v) is 6.34. The summed E-state index contributed by atoms with van der Waals surface area (Å²) in [5.41, 5.74) is 1.43. The zero-order chi connectivity index (χ0) is 15.1. The topological polar surface area (TPSA) is 87.7 Å². The number of aryl methyl sites for hydroxylation is 1. The highest BCUT2D eigenvalue weighted by Crippen LogP contribution is 2.16. The standard InChI is InChI=1S/C14H20N2O4/c1-9-4-5-11(13(17)18)8-12(9)16-14(19)15-10(2)6-7-20-3/h4-5,8,10H,6-7H2,1-3H3,(H,17,18)(H2,15,16,19). The highest BCUT2D eigenvalue weighted by molar-refractivity contribution is 5.94. The predicted molar refractivity (Wildman–Crippen MR) is 76.2 cm³/mol. The van der Waals surface area contributed by atoms with E-state index in [-0.39, 0.29) is 17.6 Å². The monoisotopic (exact) mass is 280 g/mol. The Kier molecular flexibility index (Phi) is 5.99. The number of carbonyl (C=O) groups excluding carboxylic acids is 1. The zero-order valence-electron chi connectivity index (χ0n) is 11.9. The van der Waals surface area contributed by atoms with Gasteiger partial charge in [-0.15, -0.1) is 0 Å². The van der Waals surface area contributed by atoms with E-state index in [2.05, 4.69) is 10.6 Å². The van der Waals surface area contributed by atoms with Crippen molar-refractivity contribution < 1.29 is 19.4 Å². The molecule has 0 aromatic heterocycles. The number of carbonyl (C=O) groups is 2. The van der Waals surface area contributed by atoms with Crippen molar-refractivity contribution in [2.75, 3.05) is 19.0 Å². The Labute approximate surface area is 118 Å². The number of carboxylic acid groups (broad SMARTS) is 1. The third kappa shape index (κ3) is 4.89. The summed E-state index contributed by atoms with van der Waals surface area (Å²) >= 11 is 0. The van der Waals surface area contributed by atoms with Gasteiger partial charge in [0.1, 0.15) is 0 Å². The lowest BCUT2D eigenvalue weighted by molar-refractivity contribution is 0.0697. The van der Waals surface area contributed by atoms with E-state index < -0.39 is 5.97 Å². The number of aromatic carboxylic acids is 1. The second-order valence-corrected chi connectivity index (χ2v) is 4.62. The smallest absolute Gasteiger partial charge is 0.335 e. The molecule has 0 aliphatic carbocycles. The van der Waals surface area contributed by atoms with Gasteiger partial charge in [-0.3, -0.25) is 0 Å². The van der Waals surface area contributed by atoms with Crippen molar-refractivity contribution in [3.05, 3.63) is 29.3 Å². The average Bonchev–Trinajstić information content (AvgIpc) is 2.38. The summed E-state index contributed by atoms with van der Waals surface area (Å²) in [5, 5.41) is 14.4. The fraction of sp³-hybridized carbons (Fsp3) is 0.429. The van der Waals surface area contributed by atoms with Gasteiger partial charge in [0.15, 0.2) is 0 Å². The highest BCUT2D eigenvalue weighted by atomic mass is 16.5. The maximum atomic E-state index is 11.8. The summed E-state index contributed by atoms with van der Waals surface area (Å²) in [6.45, 7) is 4.24. The summed E-state index contributed by atoms with van der Waals surface area (Å²) in [6.07, 6.45) is 0.706. The molecule has 110 valence electrons. The fourth-order valence-corrected chi connectivity index (χ4v) is 1.64. The molecule has 1 atom stereocenters. The third-order valence-electron chi connectivity index (χ3n) is 2.87. The summed E-state index contributed by atoms with van der Waals surface area (Å²) in [6, 6.07) is 4.21. The first-order chi connectivity index (χ1) is 9.43. The van der Waals surface area contributed by atoms with Crippen LogP contribution in [0.25, 0.3) is 0 Å². The van der Waals surface area contributed by atoms with E-state index in [1.165, 1.54) is 12.1 Å². The van der Waals surface area contributed by atoms with Crippen LogP contribution in [0.2, 0.25) is 0 Å². The van der Waals surface area contributed by atoms with E-state index in [1.807, 2.05) is 6.92 Å². The molecular formula is C14H20N2O4. The van der Waals surface area contributed by atoms with Crippen LogP contribution in [0.15, 0.2) is 18.2 Å². The number of rotatable bonds is 6. The van der Waals surface area contributed by atoms with Crippen LogP contribution < -0.4 is 10.6 Å². The molecule has 0 aliphatic rings. The molecule has 3 N–H and O–H groups in total. The summed E-state index contributed by atoms with van der Waals surface area (Å²) < 4.78 is 4.94. The Morgan fingerprint density at radius 1 is 1.40 bits per heavy atom. The minimum atomic E-state index is -1.03. The molecule has 1 rings (SSSR count). The predicted octanol–water partition coefficient (Wildman–Crippen LogP) is 2.24. The van der Waals surface area contributed by atoms with Gasteiger partial charge in [-0.1, -0.05) is 6.07 Å². The molecule has 0 fully saturated rings. The van der Waals surface area contributed by atoms with Crippen LogP contribution in [0.5, 0.6) is 0 Å². The van der Waals surface area contributed by atoms with E-state index >= 15 is 0 Å². The molecule has 0 spiro atoms. The maximum absolute atomic E-state index is 11.8. The van der Waals surface area contributed by atoms with Gasteiger partial charge in [0, 0.05) is 25.4 Å². The lowest BCUT2D eigenvalue weighted by Crippen LogP contribution is -2.36. The SMILES string of the molecule is COCCC(C)NC(=O)Nc1cc(C(=O)O)ccc1C. The van der Waals surface area contributed by atoms with Crippen molar-refractivity contribution in [3.8, 4) is 0 Å². The third-order valence-corrected chi connectivity index (χ3v) is 2.87. The van der Waals surface area contributed by atoms with Gasteiger partial charge in [-0.2, -0.15) is 0 Å². The van der Waals surface area contributed by atoms with Crippen molar-refractivity contribution in [2.45, 2.75) is 26.3 Å². The van der Waals surface area contributed by atoms with Crippen molar-refractivity contribution in [3.63, 3.8) is 0 Å². The van der Waals surface area contributed by atoms with Crippen LogP contribution in [0.3, 0.4) is 0 Å². The Balaban J connectivity index is 2.65. The summed E-state index contributed by atoms with van der Waals surface area (Å²) in [7, 11) is 1.60. The van der Waals surface area contributed by atoms with Crippen molar-refractivity contribution in [2.24, 2.45) is 0 Å². The van der Waals surface area contributed by atoms with Gasteiger partial charge < -0.3 is 20.5 Å². The molecule has 0 radical (unpaired) electrons. The molecule has 1 aromatic rings. The van der Waals surface area contributed by atoms with E-state index in [1.54, 1.807) is 20.1 Å². The Morgan fingerprint density at radius 3 is 2.70 bits per heavy atom. The number of carboxylic acids is 1. The number of hydrogen-bond acceptors (Lipinski definition) is 3. The minimum Gasteiger partial charge on any atom is -0.478 e. The molecule has 0 saturated heterocycles. The molecule has 0 heterocycles. The second-order valence-electron chi connectivity index (χ2n) is 4.62. The zero-order valence-corrected chi connectivity index (χ0v) is 11.9. The quantitative estimate of drug-likeness (QED) is 0.745. The molecule has 1 unspecified atom stereocenters.